The molecule has 0 aromatic heterocycles. The van der Waals surface area contributed by atoms with Crippen molar-refractivity contribution in [2.24, 2.45) is 0 Å². The van der Waals surface area contributed by atoms with Crippen molar-refractivity contribution >= 4 is 11.9 Å². The molecule has 0 unspecified atom stereocenters. The van der Waals surface area contributed by atoms with Gasteiger partial charge in [-0.05, 0) is 13.3 Å². The maximum Gasteiger partial charge on any atom is 0.338 e. The highest BCUT2D eigenvalue weighted by Crippen LogP contribution is 2.27. The Bertz CT molecular complexity index is 318. The molecule has 4 N–H and O–H groups in total. The molecular formula is C11H20O8. The fraction of sp³-hybridized carbons (Fsp3) is 0.818. The fourth-order valence-electron chi connectivity index (χ4n) is 1.89. The van der Waals surface area contributed by atoms with Gasteiger partial charge in [0.2, 0.25) is 0 Å². The first-order valence-corrected chi connectivity index (χ1v) is 5.77. The normalized spacial score (nSPS) is 19.2. The van der Waals surface area contributed by atoms with E-state index in [2.05, 4.69) is 0 Å². The van der Waals surface area contributed by atoms with E-state index in [-0.39, 0.29) is 13.0 Å². The van der Waals surface area contributed by atoms with Crippen molar-refractivity contribution in [3.05, 3.63) is 0 Å². The van der Waals surface area contributed by atoms with Crippen LogP contribution in [0.15, 0.2) is 0 Å². The molecule has 0 amide bonds. The van der Waals surface area contributed by atoms with E-state index in [1.54, 1.807) is 6.92 Å². The number of hydrogen-bond donors (Lipinski definition) is 4. The van der Waals surface area contributed by atoms with Crippen LogP contribution in [-0.4, -0.2) is 70.0 Å². The Labute approximate surface area is 110 Å². The first-order chi connectivity index (χ1) is 8.78. The van der Waals surface area contributed by atoms with Crippen molar-refractivity contribution in [2.75, 3.05) is 13.7 Å². The molecule has 0 radical (unpaired) electrons. The minimum atomic E-state index is -2.17. The van der Waals surface area contributed by atoms with Gasteiger partial charge < -0.3 is 29.9 Å². The van der Waals surface area contributed by atoms with Crippen LogP contribution in [0.5, 0.6) is 0 Å². The highest BCUT2D eigenvalue weighted by Gasteiger charge is 2.52. The molecule has 0 bridgehead atoms. The number of hydrogen-bond acceptors (Lipinski definition) is 6. The Morgan fingerprint density at radius 2 is 1.74 bits per heavy atom. The van der Waals surface area contributed by atoms with Crippen molar-refractivity contribution in [1.29, 1.82) is 0 Å². The van der Waals surface area contributed by atoms with Crippen molar-refractivity contribution < 1.29 is 39.5 Å². The van der Waals surface area contributed by atoms with Gasteiger partial charge in [0.1, 0.15) is 12.2 Å². The van der Waals surface area contributed by atoms with Gasteiger partial charge in [-0.2, -0.15) is 0 Å². The largest absolute Gasteiger partial charge is 0.479 e. The highest BCUT2D eigenvalue weighted by molar-refractivity contribution is 5.79. The van der Waals surface area contributed by atoms with Crippen molar-refractivity contribution in [1.82, 2.24) is 0 Å². The van der Waals surface area contributed by atoms with Gasteiger partial charge in [0.25, 0.3) is 0 Å². The third kappa shape index (κ3) is 3.63. The number of rotatable bonds is 9. The highest BCUT2D eigenvalue weighted by atomic mass is 16.6. The Kier molecular flexibility index (Phi) is 6.91. The van der Waals surface area contributed by atoms with Crippen molar-refractivity contribution in [3.63, 3.8) is 0 Å². The number of carbonyl (C=O) groups is 2. The molecule has 0 rings (SSSR count). The number of aliphatic hydroxyl groups excluding tert-OH is 2. The van der Waals surface area contributed by atoms with Gasteiger partial charge >= 0.3 is 11.9 Å². The molecule has 0 aromatic rings. The second-order valence-electron chi connectivity index (χ2n) is 3.91. The average molecular weight is 280 g/mol. The lowest BCUT2D eigenvalue weighted by molar-refractivity contribution is -0.211. The molecule has 4 atom stereocenters. The number of aliphatic hydroxyl groups is 2. The van der Waals surface area contributed by atoms with E-state index in [4.69, 9.17) is 14.6 Å². The van der Waals surface area contributed by atoms with E-state index in [1.165, 1.54) is 6.92 Å². The first kappa shape index (κ1) is 17.8. The third-order valence-electron chi connectivity index (χ3n) is 2.89. The van der Waals surface area contributed by atoms with Gasteiger partial charge in [0.15, 0.2) is 11.7 Å². The zero-order chi connectivity index (χ0) is 15.2. The van der Waals surface area contributed by atoms with Crippen LogP contribution < -0.4 is 0 Å². The average Bonchev–Trinajstić information content (AvgIpc) is 2.36. The molecule has 0 aliphatic heterocycles. The molecule has 0 spiro atoms. The molecule has 112 valence electrons. The summed E-state index contributed by atoms with van der Waals surface area (Å²) in [5.74, 6) is -3.08. The number of aliphatic carboxylic acids is 2. The summed E-state index contributed by atoms with van der Waals surface area (Å²) in [7, 11) is 1.11. The predicted molar refractivity (Wildman–Crippen MR) is 62.7 cm³/mol. The van der Waals surface area contributed by atoms with E-state index >= 15 is 0 Å². The monoisotopic (exact) mass is 280 g/mol. The molecule has 0 aromatic carbocycles. The topological polar surface area (TPSA) is 134 Å². The van der Waals surface area contributed by atoms with Crippen LogP contribution in [0.3, 0.4) is 0 Å². The first-order valence-electron chi connectivity index (χ1n) is 5.77. The van der Waals surface area contributed by atoms with Gasteiger partial charge in [-0.1, -0.05) is 6.92 Å². The van der Waals surface area contributed by atoms with Crippen LogP contribution >= 0.6 is 0 Å². The van der Waals surface area contributed by atoms with Gasteiger partial charge in [0.05, 0.1) is 0 Å². The van der Waals surface area contributed by atoms with Crippen LogP contribution in [0.25, 0.3) is 0 Å². The van der Waals surface area contributed by atoms with E-state index in [1.807, 2.05) is 0 Å². The van der Waals surface area contributed by atoms with Crippen LogP contribution in [0.1, 0.15) is 20.3 Å². The standard InChI is InChI=1S/C11H20O8/c1-4-11(10(16)17,19-5-2)8(18-3)6(12)7(13)9(14)15/h6-8,12-13H,4-5H2,1-3H3,(H,14,15)(H,16,17)/t6-,7+,8+,11-/m1/s1. The molecule has 0 saturated heterocycles. The van der Waals surface area contributed by atoms with Crippen LogP contribution in [-0.2, 0) is 19.1 Å². The molecule has 0 fully saturated rings. The summed E-state index contributed by atoms with van der Waals surface area (Å²) in [6, 6.07) is 0. The molecule has 0 aliphatic rings. The number of ether oxygens (including phenoxy) is 2. The summed E-state index contributed by atoms with van der Waals surface area (Å²) >= 11 is 0. The predicted octanol–water partition coefficient (Wildman–Crippen LogP) is -0.922. The summed E-state index contributed by atoms with van der Waals surface area (Å²) in [6.45, 7) is 3.08. The van der Waals surface area contributed by atoms with Crippen molar-refractivity contribution in [3.8, 4) is 0 Å². The molecular weight excluding hydrogens is 260 g/mol. The SMILES string of the molecule is CCO[C@@](CC)(C(=O)O)[C@@H](OC)[C@H](O)[C@H](O)C(=O)O. The van der Waals surface area contributed by atoms with Crippen LogP contribution in [0, 0.1) is 0 Å². The Morgan fingerprint density at radius 1 is 1.21 bits per heavy atom. The zero-order valence-corrected chi connectivity index (χ0v) is 11.1. The summed E-state index contributed by atoms with van der Waals surface area (Å²) in [6.07, 6.45) is -5.71. The maximum atomic E-state index is 11.4. The lowest BCUT2D eigenvalue weighted by atomic mass is 9.87. The van der Waals surface area contributed by atoms with E-state index in [9.17, 15) is 24.9 Å². The Balaban J connectivity index is 5.47. The van der Waals surface area contributed by atoms with Gasteiger partial charge in [0, 0.05) is 13.7 Å². The molecule has 8 nitrogen and oxygen atoms in total. The van der Waals surface area contributed by atoms with Gasteiger partial charge in [-0.3, -0.25) is 0 Å². The summed E-state index contributed by atoms with van der Waals surface area (Å²) in [5.41, 5.74) is -1.93. The van der Waals surface area contributed by atoms with Crippen LogP contribution in [0.4, 0.5) is 0 Å². The lowest BCUT2D eigenvalue weighted by Gasteiger charge is -2.38. The number of methoxy groups -OCH3 is 1. The fourth-order valence-corrected chi connectivity index (χ4v) is 1.89. The third-order valence-corrected chi connectivity index (χ3v) is 2.89. The molecule has 19 heavy (non-hydrogen) atoms. The quantitative estimate of drug-likeness (QED) is 0.426. The smallest absolute Gasteiger partial charge is 0.338 e. The van der Waals surface area contributed by atoms with Crippen LogP contribution in [0.2, 0.25) is 0 Å². The summed E-state index contributed by atoms with van der Waals surface area (Å²) < 4.78 is 10.0. The van der Waals surface area contributed by atoms with E-state index in [0.717, 1.165) is 7.11 Å². The van der Waals surface area contributed by atoms with Gasteiger partial charge in [-0.15, -0.1) is 0 Å². The second-order valence-corrected chi connectivity index (χ2v) is 3.91. The summed E-state index contributed by atoms with van der Waals surface area (Å²) in [5, 5.41) is 37.0. The van der Waals surface area contributed by atoms with Crippen molar-refractivity contribution in [2.45, 2.75) is 44.2 Å². The minimum Gasteiger partial charge on any atom is -0.479 e. The lowest BCUT2D eigenvalue weighted by Crippen LogP contribution is -2.60. The summed E-state index contributed by atoms with van der Waals surface area (Å²) in [4.78, 5) is 22.0. The maximum absolute atomic E-state index is 11.4. The second kappa shape index (κ2) is 7.39. The van der Waals surface area contributed by atoms with E-state index in [0.29, 0.717) is 0 Å². The molecule has 0 saturated carbocycles. The van der Waals surface area contributed by atoms with E-state index < -0.39 is 35.9 Å². The zero-order valence-electron chi connectivity index (χ0n) is 11.1. The molecule has 0 aliphatic carbocycles. The Morgan fingerprint density at radius 3 is 2.00 bits per heavy atom. The molecule has 8 heteroatoms. The Hall–Kier alpha value is -1.22. The minimum absolute atomic E-state index is 0.0237. The molecule has 0 heterocycles. The number of carboxylic acids is 2. The number of carboxylic acid groups (broad SMARTS) is 2. The van der Waals surface area contributed by atoms with Gasteiger partial charge in [-0.25, -0.2) is 9.59 Å².